The van der Waals surface area contributed by atoms with Gasteiger partial charge in [-0.05, 0) is 6.07 Å². The zero-order chi connectivity index (χ0) is 10.6. The van der Waals surface area contributed by atoms with Crippen molar-refractivity contribution in [2.75, 3.05) is 14.2 Å². The molecule has 0 bridgehead atoms. The Morgan fingerprint density at radius 2 is 2.07 bits per heavy atom. The Morgan fingerprint density at radius 1 is 1.36 bits per heavy atom. The Morgan fingerprint density at radius 3 is 2.57 bits per heavy atom. The van der Waals surface area contributed by atoms with Gasteiger partial charge in [0.1, 0.15) is 11.6 Å². The Labute approximate surface area is 82.1 Å². The molecule has 14 heavy (non-hydrogen) atoms. The van der Waals surface area contributed by atoms with Crippen LogP contribution in [0.3, 0.4) is 0 Å². The fraction of sp³-hybridized carbons (Fsp3) is 0.400. The summed E-state index contributed by atoms with van der Waals surface area (Å²) in [4.78, 5) is 0. The molecule has 0 heterocycles. The highest BCUT2D eigenvalue weighted by molar-refractivity contribution is 5.41. The van der Waals surface area contributed by atoms with Crippen LogP contribution in [0.25, 0.3) is 0 Å². The molecule has 0 unspecified atom stereocenters. The van der Waals surface area contributed by atoms with Crippen LogP contribution in [-0.4, -0.2) is 19.3 Å². The van der Waals surface area contributed by atoms with E-state index in [1.807, 2.05) is 0 Å². The minimum Gasteiger partial charge on any atom is -0.496 e. The molecule has 0 saturated heterocycles. The van der Waals surface area contributed by atoms with Gasteiger partial charge >= 0.3 is 0 Å². The van der Waals surface area contributed by atoms with Gasteiger partial charge in [-0.2, -0.15) is 0 Å². The molecule has 0 atom stereocenters. The summed E-state index contributed by atoms with van der Waals surface area (Å²) in [7, 11) is 2.91. The van der Waals surface area contributed by atoms with Gasteiger partial charge in [0.05, 0.1) is 25.9 Å². The van der Waals surface area contributed by atoms with Crippen LogP contribution in [0.1, 0.15) is 11.1 Å². The van der Waals surface area contributed by atoms with Gasteiger partial charge in [-0.3, -0.25) is 0 Å². The molecule has 0 saturated carbocycles. The van der Waals surface area contributed by atoms with Crippen LogP contribution in [0.4, 0.5) is 4.39 Å². The lowest BCUT2D eigenvalue weighted by Gasteiger charge is -2.12. The zero-order valence-electron chi connectivity index (χ0n) is 8.21. The molecular formula is C10H13FO3. The van der Waals surface area contributed by atoms with Crippen molar-refractivity contribution in [2.24, 2.45) is 0 Å². The molecule has 1 N–H and O–H groups in total. The Kier molecular flexibility index (Phi) is 3.85. The minimum atomic E-state index is -0.388. The standard InChI is InChI=1S/C10H13FO3/c1-13-6-8-9(11)4-3-7(5-12)10(8)14-2/h3-4,12H,5-6H2,1-2H3. The quantitative estimate of drug-likeness (QED) is 0.800. The molecule has 0 spiro atoms. The summed E-state index contributed by atoms with van der Waals surface area (Å²) in [6.45, 7) is -0.0526. The number of hydrogen-bond donors (Lipinski definition) is 1. The summed E-state index contributed by atoms with van der Waals surface area (Å²) in [6, 6.07) is 2.79. The number of ether oxygens (including phenoxy) is 2. The normalized spacial score (nSPS) is 10.3. The summed E-state index contributed by atoms with van der Waals surface area (Å²) >= 11 is 0. The van der Waals surface area contributed by atoms with Crippen molar-refractivity contribution in [3.8, 4) is 5.75 Å². The third-order valence-electron chi connectivity index (χ3n) is 1.95. The second-order valence-corrected chi connectivity index (χ2v) is 2.81. The fourth-order valence-electron chi connectivity index (χ4n) is 1.31. The number of methoxy groups -OCH3 is 2. The molecule has 0 aliphatic carbocycles. The van der Waals surface area contributed by atoms with Crippen molar-refractivity contribution in [2.45, 2.75) is 13.2 Å². The first-order valence-electron chi connectivity index (χ1n) is 4.18. The Bertz CT molecular complexity index is 312. The summed E-state index contributed by atoms with van der Waals surface area (Å²) < 4.78 is 23.2. The predicted octanol–water partition coefficient (Wildman–Crippen LogP) is 1.47. The second kappa shape index (κ2) is 4.93. The van der Waals surface area contributed by atoms with Crippen molar-refractivity contribution in [1.29, 1.82) is 0 Å². The van der Waals surface area contributed by atoms with Crippen LogP contribution in [0.5, 0.6) is 5.75 Å². The average Bonchev–Trinajstić information content (AvgIpc) is 2.21. The molecule has 1 rings (SSSR count). The molecule has 4 heteroatoms. The maximum absolute atomic E-state index is 13.3. The van der Waals surface area contributed by atoms with Crippen LogP contribution < -0.4 is 4.74 Å². The van der Waals surface area contributed by atoms with Gasteiger partial charge in [0, 0.05) is 12.7 Å². The second-order valence-electron chi connectivity index (χ2n) is 2.81. The van der Waals surface area contributed by atoms with E-state index in [-0.39, 0.29) is 19.0 Å². The van der Waals surface area contributed by atoms with Crippen molar-refractivity contribution >= 4 is 0 Å². The highest BCUT2D eigenvalue weighted by Gasteiger charge is 2.13. The van der Waals surface area contributed by atoms with Crippen molar-refractivity contribution in [3.63, 3.8) is 0 Å². The number of aliphatic hydroxyl groups excluding tert-OH is 1. The van der Waals surface area contributed by atoms with Gasteiger partial charge in [0.2, 0.25) is 0 Å². The van der Waals surface area contributed by atoms with E-state index in [0.29, 0.717) is 16.9 Å². The summed E-state index contributed by atoms with van der Waals surface area (Å²) in [5, 5.41) is 8.99. The van der Waals surface area contributed by atoms with Crippen molar-refractivity contribution in [3.05, 3.63) is 29.1 Å². The van der Waals surface area contributed by atoms with Gasteiger partial charge in [0.15, 0.2) is 0 Å². The lowest BCUT2D eigenvalue weighted by molar-refractivity contribution is 0.177. The SMILES string of the molecule is COCc1c(F)ccc(CO)c1OC. The van der Waals surface area contributed by atoms with Gasteiger partial charge in [0.25, 0.3) is 0 Å². The summed E-state index contributed by atoms with van der Waals surface area (Å²) in [5.41, 5.74) is 0.891. The number of benzene rings is 1. The van der Waals surface area contributed by atoms with E-state index >= 15 is 0 Å². The molecule has 0 aromatic heterocycles. The number of hydrogen-bond acceptors (Lipinski definition) is 3. The summed E-state index contributed by atoms with van der Waals surface area (Å²) in [6.07, 6.45) is 0. The van der Waals surface area contributed by atoms with E-state index in [2.05, 4.69) is 0 Å². The van der Waals surface area contributed by atoms with Gasteiger partial charge in [-0.15, -0.1) is 0 Å². The third-order valence-corrected chi connectivity index (χ3v) is 1.95. The smallest absolute Gasteiger partial charge is 0.132 e. The minimum absolute atomic E-state index is 0.128. The topological polar surface area (TPSA) is 38.7 Å². The van der Waals surface area contributed by atoms with Crippen LogP contribution in [0.15, 0.2) is 12.1 Å². The maximum Gasteiger partial charge on any atom is 0.132 e. The monoisotopic (exact) mass is 200 g/mol. The molecule has 0 aliphatic heterocycles. The van der Waals surface area contributed by atoms with E-state index in [9.17, 15) is 4.39 Å². The molecular weight excluding hydrogens is 187 g/mol. The average molecular weight is 200 g/mol. The van der Waals surface area contributed by atoms with E-state index in [4.69, 9.17) is 14.6 Å². The van der Waals surface area contributed by atoms with E-state index < -0.39 is 0 Å². The van der Waals surface area contributed by atoms with Crippen LogP contribution >= 0.6 is 0 Å². The molecule has 78 valence electrons. The maximum atomic E-state index is 13.3. The number of aliphatic hydroxyl groups is 1. The molecule has 1 aromatic carbocycles. The third kappa shape index (κ3) is 2.02. The lowest BCUT2D eigenvalue weighted by Crippen LogP contribution is -2.01. The molecule has 0 amide bonds. The van der Waals surface area contributed by atoms with E-state index in [1.54, 1.807) is 0 Å². The van der Waals surface area contributed by atoms with Crippen molar-refractivity contribution < 1.29 is 19.0 Å². The Balaban J connectivity index is 3.20. The largest absolute Gasteiger partial charge is 0.496 e. The highest BCUT2D eigenvalue weighted by Crippen LogP contribution is 2.27. The van der Waals surface area contributed by atoms with Crippen molar-refractivity contribution in [1.82, 2.24) is 0 Å². The first-order chi connectivity index (χ1) is 6.74. The molecule has 0 fully saturated rings. The summed E-state index contributed by atoms with van der Waals surface area (Å²) in [5.74, 6) is -0.0322. The van der Waals surface area contributed by atoms with Crippen LogP contribution in [0.2, 0.25) is 0 Å². The Hall–Kier alpha value is -1.13. The van der Waals surface area contributed by atoms with Gasteiger partial charge < -0.3 is 14.6 Å². The lowest BCUT2D eigenvalue weighted by atomic mass is 10.1. The predicted molar refractivity (Wildman–Crippen MR) is 49.6 cm³/mol. The highest BCUT2D eigenvalue weighted by atomic mass is 19.1. The fourth-order valence-corrected chi connectivity index (χ4v) is 1.31. The first kappa shape index (κ1) is 10.9. The molecule has 1 aromatic rings. The van der Waals surface area contributed by atoms with Gasteiger partial charge in [-0.25, -0.2) is 4.39 Å². The molecule has 0 aliphatic rings. The van der Waals surface area contributed by atoms with Gasteiger partial charge in [-0.1, -0.05) is 6.07 Å². The zero-order valence-corrected chi connectivity index (χ0v) is 8.21. The van der Waals surface area contributed by atoms with E-state index in [1.165, 1.54) is 26.4 Å². The number of rotatable bonds is 4. The van der Waals surface area contributed by atoms with E-state index in [0.717, 1.165) is 0 Å². The first-order valence-corrected chi connectivity index (χ1v) is 4.18. The van der Waals surface area contributed by atoms with Crippen LogP contribution in [-0.2, 0) is 18.0 Å². The molecule has 3 nitrogen and oxygen atoms in total. The number of halogens is 1. The van der Waals surface area contributed by atoms with Crippen LogP contribution in [0, 0.1) is 5.82 Å². The molecule has 0 radical (unpaired) electrons.